The van der Waals surface area contributed by atoms with Gasteiger partial charge in [-0.15, -0.1) is 0 Å². The van der Waals surface area contributed by atoms with Gasteiger partial charge in [0.15, 0.2) is 0 Å². The SMILES string of the molecule is Cn1c(C(=O)NCCCN2CCCC(C(N)=O)C2)c(Br)c2ccccc21. The first kappa shape index (κ1) is 18.9. The van der Waals surface area contributed by atoms with Gasteiger partial charge in [0.1, 0.15) is 5.69 Å². The number of carbonyl (C=O) groups is 2. The topological polar surface area (TPSA) is 80.4 Å². The number of halogens is 1. The predicted molar refractivity (Wildman–Crippen MR) is 106 cm³/mol. The number of nitrogens with two attached hydrogens (primary N) is 1. The lowest BCUT2D eigenvalue weighted by Gasteiger charge is -2.31. The van der Waals surface area contributed by atoms with Crippen LogP contribution in [0.15, 0.2) is 28.7 Å². The van der Waals surface area contributed by atoms with Crippen molar-refractivity contribution in [2.24, 2.45) is 18.7 Å². The van der Waals surface area contributed by atoms with Crippen LogP contribution in [0.25, 0.3) is 10.9 Å². The van der Waals surface area contributed by atoms with E-state index in [0.29, 0.717) is 12.2 Å². The van der Waals surface area contributed by atoms with Gasteiger partial charge in [-0.1, -0.05) is 18.2 Å². The summed E-state index contributed by atoms with van der Waals surface area (Å²) in [6.45, 7) is 3.19. The van der Waals surface area contributed by atoms with Crippen molar-refractivity contribution in [3.63, 3.8) is 0 Å². The van der Waals surface area contributed by atoms with Crippen LogP contribution in [0.3, 0.4) is 0 Å². The fraction of sp³-hybridized carbons (Fsp3) is 0.474. The fourth-order valence-electron chi connectivity index (χ4n) is 3.68. The molecule has 1 fully saturated rings. The summed E-state index contributed by atoms with van der Waals surface area (Å²) in [6, 6.07) is 7.94. The van der Waals surface area contributed by atoms with Gasteiger partial charge in [-0.3, -0.25) is 9.59 Å². The maximum Gasteiger partial charge on any atom is 0.269 e. The third-order valence-corrected chi connectivity index (χ3v) is 5.91. The van der Waals surface area contributed by atoms with Crippen molar-refractivity contribution >= 4 is 38.6 Å². The molecule has 1 atom stereocenters. The molecule has 6 nitrogen and oxygen atoms in total. The summed E-state index contributed by atoms with van der Waals surface area (Å²) >= 11 is 3.56. The Labute approximate surface area is 161 Å². The van der Waals surface area contributed by atoms with Crippen LogP contribution in [0.2, 0.25) is 0 Å². The van der Waals surface area contributed by atoms with E-state index in [2.05, 4.69) is 26.1 Å². The van der Waals surface area contributed by atoms with Crippen LogP contribution in [-0.2, 0) is 11.8 Å². The summed E-state index contributed by atoms with van der Waals surface area (Å²) in [4.78, 5) is 26.2. The van der Waals surface area contributed by atoms with Crippen LogP contribution in [0.4, 0.5) is 0 Å². The second-order valence-corrected chi connectivity index (χ2v) is 7.68. The zero-order valence-corrected chi connectivity index (χ0v) is 16.6. The van der Waals surface area contributed by atoms with Crippen molar-refractivity contribution in [2.75, 3.05) is 26.2 Å². The van der Waals surface area contributed by atoms with Gasteiger partial charge in [-0.2, -0.15) is 0 Å². The van der Waals surface area contributed by atoms with E-state index in [1.807, 2.05) is 35.9 Å². The minimum Gasteiger partial charge on any atom is -0.369 e. The van der Waals surface area contributed by atoms with Crippen LogP contribution in [-0.4, -0.2) is 47.5 Å². The first-order valence-corrected chi connectivity index (χ1v) is 9.81. The number of aryl methyl sites for hydroxylation is 1. The number of hydrogen-bond acceptors (Lipinski definition) is 3. The summed E-state index contributed by atoms with van der Waals surface area (Å²) in [6.07, 6.45) is 2.74. The number of hydrogen-bond donors (Lipinski definition) is 2. The Bertz CT molecular complexity index is 778. The third kappa shape index (κ3) is 3.94. The lowest BCUT2D eigenvalue weighted by Crippen LogP contribution is -2.42. The van der Waals surface area contributed by atoms with E-state index in [1.165, 1.54) is 0 Å². The number of likely N-dealkylation sites (tertiary alicyclic amines) is 1. The van der Waals surface area contributed by atoms with Crippen LogP contribution in [0.5, 0.6) is 0 Å². The number of aromatic nitrogens is 1. The van der Waals surface area contributed by atoms with Crippen molar-refractivity contribution in [3.8, 4) is 0 Å². The van der Waals surface area contributed by atoms with Crippen molar-refractivity contribution in [1.82, 2.24) is 14.8 Å². The molecule has 140 valence electrons. The fourth-order valence-corrected chi connectivity index (χ4v) is 4.46. The van der Waals surface area contributed by atoms with E-state index in [0.717, 1.165) is 54.3 Å². The first-order valence-electron chi connectivity index (χ1n) is 9.02. The average molecular weight is 421 g/mol. The molecule has 2 aromatic rings. The van der Waals surface area contributed by atoms with Crippen molar-refractivity contribution in [2.45, 2.75) is 19.3 Å². The largest absolute Gasteiger partial charge is 0.369 e. The second kappa shape index (κ2) is 8.22. The molecule has 0 saturated carbocycles. The van der Waals surface area contributed by atoms with Crippen LogP contribution >= 0.6 is 15.9 Å². The minimum atomic E-state index is -0.205. The van der Waals surface area contributed by atoms with Gasteiger partial charge in [0, 0.05) is 31.0 Å². The second-order valence-electron chi connectivity index (χ2n) is 6.89. The van der Waals surface area contributed by atoms with Gasteiger partial charge >= 0.3 is 0 Å². The number of piperidine rings is 1. The molecule has 1 aliphatic rings. The lowest BCUT2D eigenvalue weighted by molar-refractivity contribution is -0.123. The Morgan fingerprint density at radius 2 is 2.12 bits per heavy atom. The predicted octanol–water partition coefficient (Wildman–Crippen LogP) is 2.26. The molecule has 0 radical (unpaired) electrons. The molecule has 1 aliphatic heterocycles. The van der Waals surface area contributed by atoms with E-state index < -0.39 is 0 Å². The Balaban J connectivity index is 1.53. The number of nitrogens with zero attached hydrogens (tertiary/aromatic N) is 2. The molecule has 1 aromatic heterocycles. The molecule has 2 amide bonds. The van der Waals surface area contributed by atoms with E-state index in [1.54, 1.807) is 0 Å². The first-order chi connectivity index (χ1) is 12.5. The molecule has 7 heteroatoms. The molecule has 3 N–H and O–H groups in total. The summed E-state index contributed by atoms with van der Waals surface area (Å²) in [5.74, 6) is -0.321. The average Bonchev–Trinajstić information content (AvgIpc) is 2.90. The van der Waals surface area contributed by atoms with Crippen LogP contribution in [0, 0.1) is 5.92 Å². The number of para-hydroxylation sites is 1. The highest BCUT2D eigenvalue weighted by Crippen LogP contribution is 2.30. The number of primary amides is 1. The Morgan fingerprint density at radius 1 is 1.35 bits per heavy atom. The molecule has 1 saturated heterocycles. The molecular weight excluding hydrogens is 396 g/mol. The van der Waals surface area contributed by atoms with Crippen molar-refractivity contribution in [1.29, 1.82) is 0 Å². The maximum atomic E-state index is 12.6. The van der Waals surface area contributed by atoms with Crippen molar-refractivity contribution in [3.05, 3.63) is 34.4 Å². The monoisotopic (exact) mass is 420 g/mol. The number of nitrogens with one attached hydrogen (secondary N) is 1. The summed E-state index contributed by atoms with van der Waals surface area (Å²) in [5, 5.41) is 4.04. The van der Waals surface area contributed by atoms with E-state index >= 15 is 0 Å². The third-order valence-electron chi connectivity index (χ3n) is 5.10. The van der Waals surface area contributed by atoms with Gasteiger partial charge < -0.3 is 20.5 Å². The van der Waals surface area contributed by atoms with Gasteiger partial charge in [0.05, 0.1) is 10.4 Å². The summed E-state index contributed by atoms with van der Waals surface area (Å²) in [5.41, 5.74) is 7.08. The molecule has 0 aliphatic carbocycles. The van der Waals surface area contributed by atoms with Crippen LogP contribution < -0.4 is 11.1 Å². The van der Waals surface area contributed by atoms with Gasteiger partial charge in [-0.25, -0.2) is 0 Å². The maximum absolute atomic E-state index is 12.6. The molecule has 1 unspecified atom stereocenters. The molecule has 3 rings (SSSR count). The standard InChI is InChI=1S/C19H25BrN4O2/c1-23-15-8-3-2-7-14(15)16(20)17(23)19(26)22-9-5-11-24-10-4-6-13(12-24)18(21)25/h2-3,7-8,13H,4-6,9-12H2,1H3,(H2,21,25)(H,22,26). The molecule has 2 heterocycles. The summed E-state index contributed by atoms with van der Waals surface area (Å²) < 4.78 is 2.74. The van der Waals surface area contributed by atoms with E-state index in [9.17, 15) is 9.59 Å². The lowest BCUT2D eigenvalue weighted by atomic mass is 9.97. The van der Waals surface area contributed by atoms with E-state index in [4.69, 9.17) is 5.73 Å². The van der Waals surface area contributed by atoms with Gasteiger partial charge in [-0.05, 0) is 54.3 Å². The molecule has 26 heavy (non-hydrogen) atoms. The van der Waals surface area contributed by atoms with Crippen LogP contribution in [0.1, 0.15) is 29.8 Å². The number of fused-ring (bicyclic) bond motifs is 1. The van der Waals surface area contributed by atoms with Crippen molar-refractivity contribution < 1.29 is 9.59 Å². The molecular formula is C19H25BrN4O2. The highest BCUT2D eigenvalue weighted by atomic mass is 79.9. The molecule has 1 aromatic carbocycles. The molecule has 0 bridgehead atoms. The van der Waals surface area contributed by atoms with E-state index in [-0.39, 0.29) is 17.7 Å². The smallest absolute Gasteiger partial charge is 0.269 e. The number of benzene rings is 1. The number of carbonyl (C=O) groups excluding carboxylic acids is 2. The highest BCUT2D eigenvalue weighted by Gasteiger charge is 2.23. The zero-order valence-electron chi connectivity index (χ0n) is 15.0. The van der Waals surface area contributed by atoms with Gasteiger partial charge in [0.25, 0.3) is 5.91 Å². The summed E-state index contributed by atoms with van der Waals surface area (Å²) in [7, 11) is 1.90. The quantitative estimate of drug-likeness (QED) is 0.703. The number of amides is 2. The Kier molecular flexibility index (Phi) is 5.98. The number of rotatable bonds is 6. The normalized spacial score (nSPS) is 18.2. The Morgan fingerprint density at radius 3 is 2.85 bits per heavy atom. The highest BCUT2D eigenvalue weighted by molar-refractivity contribution is 9.10. The zero-order chi connectivity index (χ0) is 18.7. The molecule has 0 spiro atoms. The minimum absolute atomic E-state index is 0.0369. The Hall–Kier alpha value is -1.86. The van der Waals surface area contributed by atoms with Gasteiger partial charge in [0.2, 0.25) is 5.91 Å².